The summed E-state index contributed by atoms with van der Waals surface area (Å²) in [6.45, 7) is 4.02. The number of aromatic nitrogens is 1. The molecule has 16 heavy (non-hydrogen) atoms. The first-order valence-electron chi connectivity index (χ1n) is 4.90. The van der Waals surface area contributed by atoms with E-state index in [0.717, 1.165) is 0 Å². The monoisotopic (exact) mass is 248 g/mol. The van der Waals surface area contributed by atoms with Crippen molar-refractivity contribution >= 4 is 10.0 Å². The molecule has 0 saturated heterocycles. The summed E-state index contributed by atoms with van der Waals surface area (Å²) in [5, 5.41) is 3.61. The highest BCUT2D eigenvalue weighted by Crippen LogP contribution is 2.18. The van der Waals surface area contributed by atoms with Crippen LogP contribution in [0.5, 0.6) is 0 Å². The van der Waals surface area contributed by atoms with Crippen molar-refractivity contribution in [2.75, 3.05) is 20.3 Å². The number of ether oxygens (including phenoxy) is 1. The fourth-order valence-corrected chi connectivity index (χ4v) is 2.75. The van der Waals surface area contributed by atoms with Crippen molar-refractivity contribution < 1.29 is 17.7 Å². The third-order valence-corrected chi connectivity index (χ3v) is 3.76. The Balaban J connectivity index is 2.71. The molecule has 0 amide bonds. The summed E-state index contributed by atoms with van der Waals surface area (Å²) >= 11 is 0. The number of nitrogens with zero attached hydrogens (tertiary/aromatic N) is 1. The molecule has 0 aliphatic heterocycles. The maximum absolute atomic E-state index is 11.8. The molecule has 1 rings (SSSR count). The van der Waals surface area contributed by atoms with E-state index in [1.807, 2.05) is 0 Å². The maximum atomic E-state index is 11.8. The molecule has 0 aliphatic carbocycles. The molecular formula is C9H16N2O4S. The molecule has 0 bridgehead atoms. The molecule has 1 N–H and O–H groups in total. The number of hydrogen-bond acceptors (Lipinski definition) is 5. The number of nitrogens with one attached hydrogen (secondary N) is 1. The molecule has 0 spiro atoms. The summed E-state index contributed by atoms with van der Waals surface area (Å²) in [5.41, 5.74) is 0.372. The predicted octanol–water partition coefficient (Wildman–Crippen LogP) is 0.606. The first-order chi connectivity index (χ1) is 7.49. The van der Waals surface area contributed by atoms with Gasteiger partial charge in [-0.3, -0.25) is 0 Å². The van der Waals surface area contributed by atoms with Crippen molar-refractivity contribution in [3.05, 3.63) is 11.5 Å². The predicted molar refractivity (Wildman–Crippen MR) is 57.7 cm³/mol. The lowest BCUT2D eigenvalue weighted by molar-refractivity contribution is 0.196. The van der Waals surface area contributed by atoms with Gasteiger partial charge in [-0.15, -0.1) is 0 Å². The third-order valence-electron chi connectivity index (χ3n) is 2.05. The summed E-state index contributed by atoms with van der Waals surface area (Å²) in [6, 6.07) is 0. The largest absolute Gasteiger partial charge is 0.385 e. The maximum Gasteiger partial charge on any atom is 0.245 e. The van der Waals surface area contributed by atoms with Gasteiger partial charge >= 0.3 is 0 Å². The van der Waals surface area contributed by atoms with Gasteiger partial charge in [-0.1, -0.05) is 5.16 Å². The van der Waals surface area contributed by atoms with Crippen molar-refractivity contribution in [1.29, 1.82) is 0 Å². The first kappa shape index (κ1) is 13.1. The Morgan fingerprint density at radius 1 is 1.44 bits per heavy atom. The second-order valence-corrected chi connectivity index (χ2v) is 5.10. The van der Waals surface area contributed by atoms with E-state index in [1.54, 1.807) is 21.0 Å². The minimum Gasteiger partial charge on any atom is -0.385 e. The van der Waals surface area contributed by atoms with Crippen molar-refractivity contribution in [2.45, 2.75) is 25.2 Å². The zero-order valence-corrected chi connectivity index (χ0v) is 10.4. The van der Waals surface area contributed by atoms with Gasteiger partial charge < -0.3 is 9.26 Å². The van der Waals surface area contributed by atoms with E-state index in [4.69, 9.17) is 9.26 Å². The summed E-state index contributed by atoms with van der Waals surface area (Å²) in [5.74, 6) is 0.303. The second-order valence-electron chi connectivity index (χ2n) is 3.40. The summed E-state index contributed by atoms with van der Waals surface area (Å²) < 4.78 is 35.8. The van der Waals surface area contributed by atoms with Gasteiger partial charge in [0.25, 0.3) is 0 Å². The Kier molecular flexibility index (Phi) is 4.45. The van der Waals surface area contributed by atoms with E-state index in [-0.39, 0.29) is 4.90 Å². The average Bonchev–Trinajstić information content (AvgIpc) is 2.54. The van der Waals surface area contributed by atoms with E-state index in [2.05, 4.69) is 9.88 Å². The molecule has 0 saturated carbocycles. The highest BCUT2D eigenvalue weighted by Gasteiger charge is 2.23. The van der Waals surface area contributed by atoms with E-state index in [1.165, 1.54) is 0 Å². The van der Waals surface area contributed by atoms with Gasteiger partial charge in [0.05, 0.1) is 0 Å². The van der Waals surface area contributed by atoms with E-state index in [0.29, 0.717) is 31.0 Å². The quantitative estimate of drug-likeness (QED) is 0.746. The minimum absolute atomic E-state index is 0.130. The number of sulfonamides is 1. The fourth-order valence-electron chi connectivity index (χ4n) is 1.35. The van der Waals surface area contributed by atoms with Crippen molar-refractivity contribution in [1.82, 2.24) is 9.88 Å². The molecule has 0 fully saturated rings. The third kappa shape index (κ3) is 3.03. The summed E-state index contributed by atoms with van der Waals surface area (Å²) in [4.78, 5) is 0.130. The molecule has 1 aromatic heterocycles. The van der Waals surface area contributed by atoms with Crippen LogP contribution in [0.4, 0.5) is 0 Å². The molecule has 0 aliphatic rings. The van der Waals surface area contributed by atoms with Gasteiger partial charge in [-0.05, 0) is 20.3 Å². The van der Waals surface area contributed by atoms with Gasteiger partial charge in [-0.25, -0.2) is 13.1 Å². The Morgan fingerprint density at radius 3 is 2.62 bits per heavy atom. The molecular weight excluding hydrogens is 232 g/mol. The highest BCUT2D eigenvalue weighted by atomic mass is 32.2. The Bertz CT molecular complexity index is 419. The number of methoxy groups -OCH3 is 1. The lowest BCUT2D eigenvalue weighted by Gasteiger charge is -2.05. The summed E-state index contributed by atoms with van der Waals surface area (Å²) in [6.07, 6.45) is 0.624. The van der Waals surface area contributed by atoms with Crippen LogP contribution >= 0.6 is 0 Å². The standard InChI is InChI=1S/C9H16N2O4S/c1-7-9(8(2)15-11-7)16(12,13)10-5-4-6-14-3/h10H,4-6H2,1-3H3. The normalized spacial score (nSPS) is 11.9. The van der Waals surface area contributed by atoms with Crippen LogP contribution in [0.1, 0.15) is 17.9 Å². The van der Waals surface area contributed by atoms with E-state index >= 15 is 0 Å². The zero-order valence-electron chi connectivity index (χ0n) is 9.61. The van der Waals surface area contributed by atoms with Crippen LogP contribution in [0.25, 0.3) is 0 Å². The zero-order chi connectivity index (χ0) is 12.2. The molecule has 0 aromatic carbocycles. The Morgan fingerprint density at radius 2 is 2.12 bits per heavy atom. The SMILES string of the molecule is COCCCNS(=O)(=O)c1c(C)noc1C. The topological polar surface area (TPSA) is 81.4 Å². The van der Waals surface area contributed by atoms with Crippen LogP contribution < -0.4 is 4.72 Å². The van der Waals surface area contributed by atoms with Gasteiger partial charge in [0, 0.05) is 20.3 Å². The molecule has 0 radical (unpaired) electrons. The second kappa shape index (κ2) is 5.42. The molecule has 7 heteroatoms. The highest BCUT2D eigenvalue weighted by molar-refractivity contribution is 7.89. The molecule has 1 heterocycles. The summed E-state index contributed by atoms with van der Waals surface area (Å²) in [7, 11) is -1.95. The molecule has 0 atom stereocenters. The molecule has 0 unspecified atom stereocenters. The molecule has 92 valence electrons. The smallest absolute Gasteiger partial charge is 0.245 e. The van der Waals surface area contributed by atoms with E-state index in [9.17, 15) is 8.42 Å². The van der Waals surface area contributed by atoms with Crippen LogP contribution in [0.3, 0.4) is 0 Å². The molecule has 1 aromatic rings. The van der Waals surface area contributed by atoms with Gasteiger partial charge in [0.2, 0.25) is 10.0 Å². The number of hydrogen-bond donors (Lipinski definition) is 1. The van der Waals surface area contributed by atoms with Gasteiger partial charge in [0.1, 0.15) is 10.6 Å². The van der Waals surface area contributed by atoms with Gasteiger partial charge in [0.15, 0.2) is 5.76 Å². The Labute approximate surface area is 95.0 Å². The van der Waals surface area contributed by atoms with Crippen molar-refractivity contribution in [3.63, 3.8) is 0 Å². The lowest BCUT2D eigenvalue weighted by atomic mass is 10.4. The van der Waals surface area contributed by atoms with Crippen molar-refractivity contribution in [2.24, 2.45) is 0 Å². The van der Waals surface area contributed by atoms with Crippen LogP contribution in [-0.2, 0) is 14.8 Å². The van der Waals surface area contributed by atoms with Crippen LogP contribution in [-0.4, -0.2) is 33.8 Å². The fraction of sp³-hybridized carbons (Fsp3) is 0.667. The molecule has 6 nitrogen and oxygen atoms in total. The minimum atomic E-state index is -3.52. The Hall–Kier alpha value is -0.920. The lowest BCUT2D eigenvalue weighted by Crippen LogP contribution is -2.26. The van der Waals surface area contributed by atoms with Crippen LogP contribution in [0.2, 0.25) is 0 Å². The van der Waals surface area contributed by atoms with E-state index < -0.39 is 10.0 Å². The van der Waals surface area contributed by atoms with Crippen LogP contribution in [0, 0.1) is 13.8 Å². The van der Waals surface area contributed by atoms with Crippen LogP contribution in [0.15, 0.2) is 9.42 Å². The first-order valence-corrected chi connectivity index (χ1v) is 6.39. The average molecular weight is 248 g/mol. The number of aryl methyl sites for hydroxylation is 2. The van der Waals surface area contributed by atoms with Gasteiger partial charge in [-0.2, -0.15) is 0 Å². The number of rotatable bonds is 6. The van der Waals surface area contributed by atoms with Crippen molar-refractivity contribution in [3.8, 4) is 0 Å².